The van der Waals surface area contributed by atoms with Gasteiger partial charge in [-0.05, 0) is 33.1 Å². The number of aromatic amines is 1. The van der Waals surface area contributed by atoms with Gasteiger partial charge in [0.1, 0.15) is 11.0 Å². The fourth-order valence-corrected chi connectivity index (χ4v) is 4.94. The zero-order valence-electron chi connectivity index (χ0n) is 17.2. The predicted octanol–water partition coefficient (Wildman–Crippen LogP) is 2.45. The first kappa shape index (κ1) is 20.6. The second-order valence-corrected chi connectivity index (χ2v) is 9.78. The number of aromatic nitrogens is 3. The molecule has 2 aromatic heterocycles. The molecule has 30 heavy (non-hydrogen) atoms. The number of amides is 1. The number of hydrogen-bond acceptors (Lipinski definition) is 7. The molecule has 0 unspecified atom stereocenters. The van der Waals surface area contributed by atoms with Gasteiger partial charge in [0, 0.05) is 49.1 Å². The summed E-state index contributed by atoms with van der Waals surface area (Å²) >= 11 is 0. The molecule has 4 rings (SSSR count). The lowest BCUT2D eigenvalue weighted by molar-refractivity contribution is 0.0645. The smallest absolute Gasteiger partial charge is 0.410 e. The van der Waals surface area contributed by atoms with Gasteiger partial charge in [-0.1, -0.05) is 0 Å². The maximum Gasteiger partial charge on any atom is 0.410 e. The minimum absolute atomic E-state index is 0.0926. The predicted molar refractivity (Wildman–Crippen MR) is 110 cm³/mol. The Hall–Kier alpha value is -2.66. The monoisotopic (exact) mass is 434 g/mol. The van der Waals surface area contributed by atoms with Crippen LogP contribution in [-0.4, -0.2) is 53.8 Å². The van der Waals surface area contributed by atoms with Crippen LogP contribution in [-0.2, 0) is 21.3 Å². The fraction of sp³-hybridized carbons (Fsp3) is 0.526. The number of carbonyl (C=O) groups is 1. The number of pyridine rings is 1. The van der Waals surface area contributed by atoms with E-state index in [1.165, 1.54) is 6.20 Å². The molecule has 2 atom stereocenters. The Labute approximate surface area is 175 Å². The molecule has 1 fully saturated rings. The first-order chi connectivity index (χ1) is 14.2. The molecular formula is C19H26N6O4S. The molecule has 0 saturated heterocycles. The van der Waals surface area contributed by atoms with Crippen LogP contribution in [0.5, 0.6) is 0 Å². The average Bonchev–Trinajstić information content (AvgIpc) is 3.41. The summed E-state index contributed by atoms with van der Waals surface area (Å²) in [5.41, 5.74) is 2.21. The van der Waals surface area contributed by atoms with Crippen molar-refractivity contribution in [3.05, 3.63) is 29.7 Å². The van der Waals surface area contributed by atoms with E-state index in [2.05, 4.69) is 25.2 Å². The van der Waals surface area contributed by atoms with Crippen LogP contribution < -0.4 is 10.0 Å². The summed E-state index contributed by atoms with van der Waals surface area (Å²) in [5, 5.41) is 10.5. The van der Waals surface area contributed by atoms with Crippen LogP contribution in [0.25, 0.3) is 0 Å². The Morgan fingerprint density at radius 3 is 2.90 bits per heavy atom. The summed E-state index contributed by atoms with van der Waals surface area (Å²) in [6, 6.07) is 2.00. The van der Waals surface area contributed by atoms with Crippen LogP contribution in [0, 0.1) is 0 Å². The number of ether oxygens (including phenoxy) is 1. The maximum atomic E-state index is 12.1. The topological polar surface area (TPSA) is 129 Å². The third kappa shape index (κ3) is 3.99. The largest absolute Gasteiger partial charge is 0.446 e. The molecule has 2 aromatic rings. The number of nitrogens with one attached hydrogen (secondary N) is 3. The van der Waals surface area contributed by atoms with Crippen LogP contribution in [0.15, 0.2) is 23.4 Å². The van der Waals surface area contributed by atoms with E-state index in [-0.39, 0.29) is 35.6 Å². The maximum absolute atomic E-state index is 12.1. The zero-order chi connectivity index (χ0) is 21.5. The van der Waals surface area contributed by atoms with Crippen molar-refractivity contribution in [2.24, 2.45) is 0 Å². The van der Waals surface area contributed by atoms with Crippen molar-refractivity contribution in [3.63, 3.8) is 0 Å². The van der Waals surface area contributed by atoms with Gasteiger partial charge in [-0.2, -0.15) is 5.10 Å². The standard InChI is InChI=1S/C19H26N6O4S/c1-11(2)25(3)19(26)29-13-5-4-12(6-13)15-7-18(24-23-15)22-16-9-20-10-17-14(16)8-21-30(17,27)28/h7,9-13,21H,4-6,8H2,1-3H3,(H2,22,23,24)/t12-,13+/m0/s1. The van der Waals surface area contributed by atoms with Crippen molar-refractivity contribution in [3.8, 4) is 0 Å². The molecule has 3 N–H and O–H groups in total. The molecule has 1 aliphatic carbocycles. The summed E-state index contributed by atoms with van der Waals surface area (Å²) < 4.78 is 32.1. The molecule has 2 aliphatic rings. The van der Waals surface area contributed by atoms with E-state index in [9.17, 15) is 13.2 Å². The van der Waals surface area contributed by atoms with Gasteiger partial charge in [-0.25, -0.2) is 17.9 Å². The fourth-order valence-electron chi connectivity index (χ4n) is 3.75. The van der Waals surface area contributed by atoms with Gasteiger partial charge in [0.2, 0.25) is 10.0 Å². The quantitative estimate of drug-likeness (QED) is 0.659. The molecule has 1 aliphatic heterocycles. The Balaban J connectivity index is 1.40. The average molecular weight is 435 g/mol. The molecule has 3 heterocycles. The van der Waals surface area contributed by atoms with Gasteiger partial charge < -0.3 is 15.0 Å². The molecular weight excluding hydrogens is 408 g/mol. The Kier molecular flexibility index (Phi) is 5.41. The Morgan fingerprint density at radius 1 is 1.33 bits per heavy atom. The third-order valence-corrected chi connectivity index (χ3v) is 7.22. The molecule has 11 heteroatoms. The second-order valence-electron chi connectivity index (χ2n) is 8.04. The number of sulfonamides is 1. The van der Waals surface area contributed by atoms with Crippen LogP contribution in [0.4, 0.5) is 16.3 Å². The molecule has 10 nitrogen and oxygen atoms in total. The van der Waals surface area contributed by atoms with Crippen molar-refractivity contribution in [1.29, 1.82) is 0 Å². The number of rotatable bonds is 5. The van der Waals surface area contributed by atoms with Crippen LogP contribution in [0.2, 0.25) is 0 Å². The SMILES string of the molecule is CC(C)N(C)C(=O)O[C@@H]1CC[C@H](c2cc(Nc3cncc4c3CNS4(=O)=O)n[nH]2)C1. The van der Waals surface area contributed by atoms with Crippen molar-refractivity contribution < 1.29 is 17.9 Å². The summed E-state index contributed by atoms with van der Waals surface area (Å²) in [6.07, 6.45) is 4.98. The molecule has 0 spiro atoms. The van der Waals surface area contributed by atoms with E-state index >= 15 is 0 Å². The highest BCUT2D eigenvalue weighted by Crippen LogP contribution is 2.37. The molecule has 0 bridgehead atoms. The van der Waals surface area contributed by atoms with E-state index < -0.39 is 10.0 Å². The number of nitrogens with zero attached hydrogens (tertiary/aromatic N) is 3. The number of anilines is 2. The van der Waals surface area contributed by atoms with Crippen molar-refractivity contribution in [2.45, 2.75) is 62.6 Å². The van der Waals surface area contributed by atoms with Gasteiger partial charge in [-0.15, -0.1) is 0 Å². The summed E-state index contributed by atoms with van der Waals surface area (Å²) in [7, 11) is -1.74. The number of H-pyrrole nitrogens is 1. The first-order valence-corrected chi connectivity index (χ1v) is 11.4. The minimum atomic E-state index is -3.48. The molecule has 0 radical (unpaired) electrons. The molecule has 1 amide bonds. The highest BCUT2D eigenvalue weighted by Gasteiger charge is 2.31. The minimum Gasteiger partial charge on any atom is -0.446 e. The normalized spacial score (nSPS) is 22.1. The first-order valence-electron chi connectivity index (χ1n) is 9.97. The summed E-state index contributed by atoms with van der Waals surface area (Å²) in [6.45, 7) is 4.11. The van der Waals surface area contributed by atoms with Crippen LogP contribution in [0.3, 0.4) is 0 Å². The lowest BCUT2D eigenvalue weighted by Crippen LogP contribution is -2.35. The van der Waals surface area contributed by atoms with Crippen molar-refractivity contribution in [2.75, 3.05) is 12.4 Å². The number of fused-ring (bicyclic) bond motifs is 1. The van der Waals surface area contributed by atoms with E-state index in [1.54, 1.807) is 18.1 Å². The third-order valence-electron chi connectivity index (χ3n) is 5.76. The van der Waals surface area contributed by atoms with Gasteiger partial charge >= 0.3 is 6.09 Å². The lowest BCUT2D eigenvalue weighted by atomic mass is 10.0. The number of hydrogen-bond donors (Lipinski definition) is 3. The highest BCUT2D eigenvalue weighted by molar-refractivity contribution is 7.89. The van der Waals surface area contributed by atoms with E-state index in [0.29, 0.717) is 17.1 Å². The Bertz CT molecular complexity index is 1050. The van der Waals surface area contributed by atoms with Crippen LogP contribution >= 0.6 is 0 Å². The molecule has 162 valence electrons. The van der Waals surface area contributed by atoms with Gasteiger partial charge in [0.05, 0.1) is 11.9 Å². The molecule has 0 aromatic carbocycles. The highest BCUT2D eigenvalue weighted by atomic mass is 32.2. The zero-order valence-corrected chi connectivity index (χ0v) is 18.0. The van der Waals surface area contributed by atoms with E-state index in [4.69, 9.17) is 4.74 Å². The van der Waals surface area contributed by atoms with E-state index in [1.807, 2.05) is 19.9 Å². The van der Waals surface area contributed by atoms with Crippen molar-refractivity contribution in [1.82, 2.24) is 24.8 Å². The van der Waals surface area contributed by atoms with E-state index in [0.717, 1.165) is 25.0 Å². The summed E-state index contributed by atoms with van der Waals surface area (Å²) in [5.74, 6) is 0.807. The molecule has 1 saturated carbocycles. The van der Waals surface area contributed by atoms with Gasteiger partial charge in [0.15, 0.2) is 5.82 Å². The lowest BCUT2D eigenvalue weighted by Gasteiger charge is -2.23. The Morgan fingerprint density at radius 2 is 2.13 bits per heavy atom. The van der Waals surface area contributed by atoms with Gasteiger partial charge in [0.25, 0.3) is 0 Å². The number of carbonyl (C=O) groups excluding carboxylic acids is 1. The van der Waals surface area contributed by atoms with Crippen LogP contribution in [0.1, 0.15) is 50.3 Å². The summed E-state index contributed by atoms with van der Waals surface area (Å²) in [4.78, 5) is 18.0. The van der Waals surface area contributed by atoms with Gasteiger partial charge in [-0.3, -0.25) is 10.1 Å². The second kappa shape index (κ2) is 7.88. The van der Waals surface area contributed by atoms with Crippen molar-refractivity contribution >= 4 is 27.6 Å².